The van der Waals surface area contributed by atoms with Crippen molar-refractivity contribution in [3.05, 3.63) is 99.3 Å². The Labute approximate surface area is 194 Å². The lowest BCUT2D eigenvalue weighted by molar-refractivity contribution is -0.136. The number of ether oxygens (including phenoxy) is 3. The van der Waals surface area contributed by atoms with Crippen molar-refractivity contribution in [1.82, 2.24) is 0 Å². The first-order valence-electron chi connectivity index (χ1n) is 9.83. The van der Waals surface area contributed by atoms with Gasteiger partial charge in [0, 0.05) is 16.1 Å². The molecular weight excluding hydrogens is 472 g/mol. The summed E-state index contributed by atoms with van der Waals surface area (Å²) in [5.41, 5.74) is 8.93. The number of para-hydroxylation sites is 1. The summed E-state index contributed by atoms with van der Waals surface area (Å²) in [5, 5.41) is 9.69. The van der Waals surface area contributed by atoms with E-state index in [4.69, 9.17) is 19.9 Å². The summed E-state index contributed by atoms with van der Waals surface area (Å²) in [6, 6.07) is 22.2. The molecule has 0 amide bonds. The molecule has 0 radical (unpaired) electrons. The van der Waals surface area contributed by atoms with Gasteiger partial charge in [-0.3, -0.25) is 0 Å². The summed E-state index contributed by atoms with van der Waals surface area (Å²) >= 11 is 3.55. The minimum Gasteiger partial charge on any atom is -0.482 e. The number of benzene rings is 3. The van der Waals surface area contributed by atoms with Gasteiger partial charge in [-0.2, -0.15) is 5.26 Å². The molecule has 0 bridgehead atoms. The molecule has 0 aromatic heterocycles. The van der Waals surface area contributed by atoms with Gasteiger partial charge in [0.1, 0.15) is 28.9 Å². The maximum Gasteiger partial charge on any atom is 0.349 e. The van der Waals surface area contributed by atoms with Gasteiger partial charge in [0.2, 0.25) is 5.88 Å². The topological polar surface area (TPSA) is 94.6 Å². The predicted molar refractivity (Wildman–Crippen MR) is 122 cm³/mol. The highest BCUT2D eigenvalue weighted by Gasteiger charge is 2.32. The number of fused-ring (bicyclic) bond motifs is 1. The van der Waals surface area contributed by atoms with Crippen LogP contribution in [0.3, 0.4) is 0 Å². The molecule has 1 aliphatic rings. The molecule has 7 heteroatoms. The summed E-state index contributed by atoms with van der Waals surface area (Å²) in [7, 11) is 0. The molecule has 0 spiro atoms. The van der Waals surface area contributed by atoms with Gasteiger partial charge in [0.05, 0.1) is 5.92 Å². The van der Waals surface area contributed by atoms with Crippen LogP contribution in [0.4, 0.5) is 0 Å². The molecule has 0 saturated heterocycles. The number of hydrogen-bond donors (Lipinski definition) is 1. The largest absolute Gasteiger partial charge is 0.482 e. The number of halogens is 1. The number of carbonyl (C=O) groups excluding carboxylic acids is 1. The molecule has 160 valence electrons. The van der Waals surface area contributed by atoms with Crippen LogP contribution < -0.4 is 19.9 Å². The van der Waals surface area contributed by atoms with Crippen molar-refractivity contribution in [2.75, 3.05) is 6.61 Å². The first kappa shape index (κ1) is 21.5. The third-order valence-electron chi connectivity index (χ3n) is 5.08. The second-order valence-electron chi connectivity index (χ2n) is 7.17. The lowest BCUT2D eigenvalue weighted by Crippen LogP contribution is -2.22. The molecular formula is C25H19BrN2O4. The van der Waals surface area contributed by atoms with Crippen LogP contribution in [0.5, 0.6) is 17.2 Å². The van der Waals surface area contributed by atoms with E-state index in [9.17, 15) is 10.1 Å². The number of nitrogens with zero attached hydrogens (tertiary/aromatic N) is 1. The molecule has 6 nitrogen and oxygen atoms in total. The molecule has 1 aliphatic heterocycles. The van der Waals surface area contributed by atoms with Crippen molar-refractivity contribution >= 4 is 21.9 Å². The number of hydrogen-bond acceptors (Lipinski definition) is 6. The Morgan fingerprint density at radius 2 is 1.88 bits per heavy atom. The van der Waals surface area contributed by atoms with E-state index in [1.165, 1.54) is 0 Å². The Balaban J connectivity index is 1.57. The quantitative estimate of drug-likeness (QED) is 0.401. The van der Waals surface area contributed by atoms with Gasteiger partial charge in [-0.15, -0.1) is 0 Å². The van der Waals surface area contributed by atoms with Crippen molar-refractivity contribution in [2.45, 2.75) is 12.8 Å². The van der Waals surface area contributed by atoms with E-state index in [1.807, 2.05) is 49.4 Å². The molecule has 3 aromatic rings. The fourth-order valence-electron chi connectivity index (χ4n) is 3.54. The van der Waals surface area contributed by atoms with E-state index in [2.05, 4.69) is 22.0 Å². The van der Waals surface area contributed by atoms with Gasteiger partial charge in [-0.05, 0) is 36.2 Å². The summed E-state index contributed by atoms with van der Waals surface area (Å²) in [6.07, 6.45) is 0. The highest BCUT2D eigenvalue weighted by atomic mass is 79.9. The summed E-state index contributed by atoms with van der Waals surface area (Å²) in [6.45, 7) is 1.67. The number of rotatable bonds is 5. The van der Waals surface area contributed by atoms with Crippen LogP contribution in [0.15, 0.2) is 82.7 Å². The van der Waals surface area contributed by atoms with E-state index in [-0.39, 0.29) is 12.5 Å². The molecule has 1 atom stereocenters. The number of allylic oxidation sites excluding steroid dienone is 1. The van der Waals surface area contributed by atoms with Crippen molar-refractivity contribution in [3.8, 4) is 23.3 Å². The molecule has 2 N–H and O–H groups in total. The Morgan fingerprint density at radius 1 is 1.12 bits per heavy atom. The summed E-state index contributed by atoms with van der Waals surface area (Å²) in [5.74, 6) is 0.401. The normalized spacial score (nSPS) is 14.7. The third kappa shape index (κ3) is 4.32. The Kier molecular flexibility index (Phi) is 6.15. The second-order valence-corrected chi connectivity index (χ2v) is 8.03. The van der Waals surface area contributed by atoms with Gasteiger partial charge < -0.3 is 19.9 Å². The smallest absolute Gasteiger partial charge is 0.349 e. The fourth-order valence-corrected chi connectivity index (χ4v) is 4.06. The fraction of sp³-hybridized carbons (Fsp3) is 0.120. The Hall–Kier alpha value is -3.76. The summed E-state index contributed by atoms with van der Waals surface area (Å²) in [4.78, 5) is 12.3. The Bertz CT molecular complexity index is 1260. The lowest BCUT2D eigenvalue weighted by Gasteiger charge is -2.27. The van der Waals surface area contributed by atoms with E-state index in [1.54, 1.807) is 24.3 Å². The monoisotopic (exact) mass is 490 g/mol. The van der Waals surface area contributed by atoms with Crippen molar-refractivity contribution in [2.24, 2.45) is 5.73 Å². The minimum absolute atomic E-state index is 0.0205. The lowest BCUT2D eigenvalue weighted by atomic mass is 9.83. The molecule has 0 fully saturated rings. The Morgan fingerprint density at radius 3 is 2.62 bits per heavy atom. The van der Waals surface area contributed by atoms with Crippen LogP contribution in [-0.2, 0) is 4.79 Å². The van der Waals surface area contributed by atoms with Crippen LogP contribution in [0.2, 0.25) is 0 Å². The van der Waals surface area contributed by atoms with Crippen LogP contribution in [0.1, 0.15) is 22.6 Å². The zero-order valence-electron chi connectivity index (χ0n) is 17.2. The van der Waals surface area contributed by atoms with Gasteiger partial charge >= 0.3 is 5.97 Å². The highest BCUT2D eigenvalue weighted by Crippen LogP contribution is 2.45. The average molecular weight is 491 g/mol. The molecule has 1 unspecified atom stereocenters. The van der Waals surface area contributed by atoms with E-state index in [0.717, 1.165) is 21.2 Å². The van der Waals surface area contributed by atoms with Gasteiger partial charge in [-0.25, -0.2) is 4.79 Å². The predicted octanol–water partition coefficient (Wildman–Crippen LogP) is 4.96. The number of nitriles is 1. The maximum atomic E-state index is 12.3. The van der Waals surface area contributed by atoms with Crippen LogP contribution >= 0.6 is 15.9 Å². The molecule has 3 aromatic carbocycles. The van der Waals surface area contributed by atoms with Gasteiger partial charge in [0.25, 0.3) is 0 Å². The van der Waals surface area contributed by atoms with Crippen molar-refractivity contribution in [1.29, 1.82) is 5.26 Å². The molecule has 0 saturated carbocycles. The molecule has 32 heavy (non-hydrogen) atoms. The third-order valence-corrected chi connectivity index (χ3v) is 5.80. The van der Waals surface area contributed by atoms with E-state index < -0.39 is 11.9 Å². The number of carbonyl (C=O) groups is 1. The number of aryl methyl sites for hydroxylation is 1. The van der Waals surface area contributed by atoms with Crippen molar-refractivity contribution in [3.63, 3.8) is 0 Å². The SMILES string of the molecule is Cc1ccccc1OCC(=O)Oc1ccc2c(c1)OC(N)=C(C#N)C2c1ccccc1Br. The van der Waals surface area contributed by atoms with E-state index >= 15 is 0 Å². The second kappa shape index (κ2) is 9.16. The van der Waals surface area contributed by atoms with Crippen LogP contribution in [0, 0.1) is 18.3 Å². The van der Waals surface area contributed by atoms with Gasteiger partial charge in [0.15, 0.2) is 6.61 Å². The van der Waals surface area contributed by atoms with Crippen LogP contribution in [-0.4, -0.2) is 12.6 Å². The molecule has 0 aliphatic carbocycles. The molecule has 1 heterocycles. The number of esters is 1. The summed E-state index contributed by atoms with van der Waals surface area (Å²) < 4.78 is 17.5. The zero-order valence-corrected chi connectivity index (χ0v) is 18.8. The van der Waals surface area contributed by atoms with Gasteiger partial charge in [-0.1, -0.05) is 58.4 Å². The first-order chi connectivity index (χ1) is 15.5. The highest BCUT2D eigenvalue weighted by molar-refractivity contribution is 9.10. The minimum atomic E-state index is -0.549. The number of nitrogens with two attached hydrogens (primary N) is 1. The average Bonchev–Trinajstić information content (AvgIpc) is 2.78. The van der Waals surface area contributed by atoms with Crippen molar-refractivity contribution < 1.29 is 19.0 Å². The zero-order chi connectivity index (χ0) is 22.7. The maximum absolute atomic E-state index is 12.3. The van der Waals surface area contributed by atoms with E-state index in [0.29, 0.717) is 22.8 Å². The molecule has 4 rings (SSSR count). The van der Waals surface area contributed by atoms with Crippen LogP contribution in [0.25, 0.3) is 0 Å². The first-order valence-corrected chi connectivity index (χ1v) is 10.6. The standard InChI is InChI=1S/C25H19BrN2O4/c1-15-6-2-5-9-21(15)30-14-23(29)31-16-10-11-18-22(12-16)32-25(28)19(13-27)24(18)17-7-3-4-8-20(17)26/h2-12,24H,14,28H2,1H3.